The Morgan fingerprint density at radius 1 is 1.00 bits per heavy atom. The summed E-state index contributed by atoms with van der Waals surface area (Å²) >= 11 is 0. The van der Waals surface area contributed by atoms with Crippen molar-refractivity contribution in [3.05, 3.63) is 83.6 Å². The summed E-state index contributed by atoms with van der Waals surface area (Å²) in [6.45, 7) is 1.24. The predicted octanol–water partition coefficient (Wildman–Crippen LogP) is 2.13. The second-order valence-electron chi connectivity index (χ2n) is 7.96. The molecule has 2 N–H and O–H groups in total. The first-order valence-corrected chi connectivity index (χ1v) is 12.1. The van der Waals surface area contributed by atoms with Crippen molar-refractivity contribution >= 4 is 15.9 Å². The van der Waals surface area contributed by atoms with Crippen LogP contribution in [0.5, 0.6) is 0 Å². The number of sulfonamides is 1. The van der Waals surface area contributed by atoms with Gasteiger partial charge in [0.15, 0.2) is 0 Å². The highest BCUT2D eigenvalue weighted by atomic mass is 32.2. The van der Waals surface area contributed by atoms with Crippen LogP contribution >= 0.6 is 0 Å². The van der Waals surface area contributed by atoms with Crippen LogP contribution in [-0.2, 0) is 31.8 Å². The molecule has 7 nitrogen and oxygen atoms in total. The number of rotatable bonds is 7. The number of hydroxylamine groups is 1. The number of benzene rings is 2. The Hall–Kier alpha value is -2.68. The number of hydrogen-bond acceptors (Lipinski definition) is 5. The lowest BCUT2D eigenvalue weighted by atomic mass is 9.92. The summed E-state index contributed by atoms with van der Waals surface area (Å²) in [5, 5.41) is 2.90. The van der Waals surface area contributed by atoms with Crippen LogP contribution in [0.25, 0.3) is 0 Å². The van der Waals surface area contributed by atoms with Crippen molar-refractivity contribution in [2.45, 2.75) is 30.6 Å². The molecule has 1 saturated heterocycles. The van der Waals surface area contributed by atoms with Gasteiger partial charge in [0.1, 0.15) is 11.3 Å². The molecule has 8 heteroatoms. The summed E-state index contributed by atoms with van der Waals surface area (Å²) < 4.78 is 27.0. The van der Waals surface area contributed by atoms with E-state index in [9.17, 15) is 13.2 Å². The van der Waals surface area contributed by atoms with Gasteiger partial charge in [0.05, 0.1) is 5.75 Å². The SMILES string of the molecule is O=C(NCCc1ccccc1)C1=CC2(CCN(S(=O)(=O)Cc3ccccc3)CC2)ON1. The fourth-order valence-corrected chi connectivity index (χ4v) is 5.45. The summed E-state index contributed by atoms with van der Waals surface area (Å²) in [7, 11) is -3.39. The van der Waals surface area contributed by atoms with E-state index in [4.69, 9.17) is 4.84 Å². The molecular formula is C23H27N3O4S. The first-order valence-electron chi connectivity index (χ1n) is 10.5. The minimum absolute atomic E-state index is 0.00907. The third-order valence-corrected chi connectivity index (χ3v) is 7.56. The molecular weight excluding hydrogens is 414 g/mol. The molecule has 0 unspecified atom stereocenters. The third kappa shape index (κ3) is 5.33. The molecule has 1 fully saturated rings. The Kier molecular flexibility index (Phi) is 6.41. The van der Waals surface area contributed by atoms with Gasteiger partial charge in [-0.25, -0.2) is 12.7 Å². The zero-order valence-corrected chi connectivity index (χ0v) is 18.1. The predicted molar refractivity (Wildman–Crippen MR) is 118 cm³/mol. The van der Waals surface area contributed by atoms with E-state index in [0.29, 0.717) is 38.2 Å². The Morgan fingerprint density at radius 2 is 1.61 bits per heavy atom. The van der Waals surface area contributed by atoms with Gasteiger partial charge >= 0.3 is 0 Å². The number of nitrogens with zero attached hydrogens (tertiary/aromatic N) is 1. The molecule has 1 amide bonds. The van der Waals surface area contributed by atoms with Crippen LogP contribution in [0.3, 0.4) is 0 Å². The normalized spacial score (nSPS) is 18.4. The van der Waals surface area contributed by atoms with Crippen molar-refractivity contribution in [1.29, 1.82) is 0 Å². The molecule has 2 aromatic rings. The maximum Gasteiger partial charge on any atom is 0.269 e. The average Bonchev–Trinajstić information content (AvgIpc) is 3.19. The number of hydrogen-bond donors (Lipinski definition) is 2. The van der Waals surface area contributed by atoms with Crippen molar-refractivity contribution < 1.29 is 18.0 Å². The van der Waals surface area contributed by atoms with Crippen molar-refractivity contribution in [1.82, 2.24) is 15.1 Å². The van der Waals surface area contributed by atoms with Gasteiger partial charge in [0.25, 0.3) is 5.91 Å². The zero-order valence-electron chi connectivity index (χ0n) is 17.3. The first-order chi connectivity index (χ1) is 15.0. The van der Waals surface area contributed by atoms with Gasteiger partial charge in [0.2, 0.25) is 10.0 Å². The highest BCUT2D eigenvalue weighted by Gasteiger charge is 2.42. The molecule has 2 aromatic carbocycles. The number of carbonyl (C=O) groups is 1. The third-order valence-electron chi connectivity index (χ3n) is 5.71. The monoisotopic (exact) mass is 441 g/mol. The summed E-state index contributed by atoms with van der Waals surface area (Å²) in [6, 6.07) is 19.1. The Bertz CT molecular complexity index is 1030. The van der Waals surface area contributed by atoms with Crippen LogP contribution in [-0.4, -0.2) is 43.9 Å². The topological polar surface area (TPSA) is 87.7 Å². The second-order valence-corrected chi connectivity index (χ2v) is 9.93. The molecule has 0 bridgehead atoms. The van der Waals surface area contributed by atoms with E-state index in [1.807, 2.05) is 60.7 Å². The quantitative estimate of drug-likeness (QED) is 0.687. The highest BCUT2D eigenvalue weighted by molar-refractivity contribution is 7.88. The Balaban J connectivity index is 1.29. The van der Waals surface area contributed by atoms with Gasteiger partial charge in [-0.3, -0.25) is 15.1 Å². The molecule has 0 atom stereocenters. The fraction of sp³-hybridized carbons (Fsp3) is 0.348. The lowest BCUT2D eigenvalue weighted by molar-refractivity contribution is -0.120. The van der Waals surface area contributed by atoms with E-state index in [0.717, 1.165) is 17.5 Å². The van der Waals surface area contributed by atoms with Gasteiger partial charge in [-0.05, 0) is 36.5 Å². The molecule has 2 aliphatic rings. The largest absolute Gasteiger partial charge is 0.350 e. The second kappa shape index (κ2) is 9.21. The average molecular weight is 442 g/mol. The molecule has 31 heavy (non-hydrogen) atoms. The summed E-state index contributed by atoms with van der Waals surface area (Å²) in [5.74, 6) is -0.225. The van der Waals surface area contributed by atoms with Crippen LogP contribution in [0.1, 0.15) is 24.0 Å². The molecule has 0 aliphatic carbocycles. The summed E-state index contributed by atoms with van der Waals surface area (Å²) in [6.07, 6.45) is 3.54. The number of amides is 1. The van der Waals surface area contributed by atoms with Gasteiger partial charge in [0, 0.05) is 19.6 Å². The van der Waals surface area contributed by atoms with Crippen LogP contribution in [0.4, 0.5) is 0 Å². The smallest absolute Gasteiger partial charge is 0.269 e. The minimum Gasteiger partial charge on any atom is -0.350 e. The van der Waals surface area contributed by atoms with Crippen LogP contribution in [0.15, 0.2) is 72.4 Å². The maximum atomic E-state index is 12.8. The standard InChI is InChI=1S/C23H27N3O4S/c27-22(24-14-11-19-7-3-1-4-8-19)21-17-23(30-25-21)12-15-26(16-13-23)31(28,29)18-20-9-5-2-6-10-20/h1-10,17,25H,11-16,18H2,(H,24,27). The first kappa shape index (κ1) is 21.5. The minimum atomic E-state index is -3.39. The Morgan fingerprint density at radius 3 is 2.26 bits per heavy atom. The van der Waals surface area contributed by atoms with Crippen molar-refractivity contribution in [2.24, 2.45) is 0 Å². The van der Waals surface area contributed by atoms with Crippen molar-refractivity contribution in [2.75, 3.05) is 19.6 Å². The van der Waals surface area contributed by atoms with E-state index >= 15 is 0 Å². The zero-order chi connectivity index (χ0) is 21.7. The van der Waals surface area contributed by atoms with E-state index in [1.165, 1.54) is 4.31 Å². The van der Waals surface area contributed by atoms with E-state index in [2.05, 4.69) is 10.8 Å². The summed E-state index contributed by atoms with van der Waals surface area (Å²) in [5.41, 5.74) is 4.41. The van der Waals surface area contributed by atoms with E-state index < -0.39 is 15.6 Å². The highest BCUT2D eigenvalue weighted by Crippen LogP contribution is 2.33. The van der Waals surface area contributed by atoms with Gasteiger partial charge < -0.3 is 5.32 Å². The van der Waals surface area contributed by atoms with Crippen LogP contribution in [0.2, 0.25) is 0 Å². The van der Waals surface area contributed by atoms with Crippen LogP contribution in [0, 0.1) is 0 Å². The molecule has 164 valence electrons. The molecule has 4 rings (SSSR count). The molecule has 0 aromatic heterocycles. The van der Waals surface area contributed by atoms with Gasteiger partial charge in [-0.2, -0.15) is 0 Å². The lowest BCUT2D eigenvalue weighted by Gasteiger charge is -2.35. The van der Waals surface area contributed by atoms with E-state index in [1.54, 1.807) is 6.08 Å². The lowest BCUT2D eigenvalue weighted by Crippen LogP contribution is -2.47. The molecule has 1 spiro atoms. The molecule has 0 radical (unpaired) electrons. The number of piperidine rings is 1. The number of nitrogens with one attached hydrogen (secondary N) is 2. The van der Waals surface area contributed by atoms with Gasteiger partial charge in [-0.15, -0.1) is 0 Å². The van der Waals surface area contributed by atoms with E-state index in [-0.39, 0.29) is 11.7 Å². The Labute approximate surface area is 183 Å². The van der Waals surface area contributed by atoms with Crippen molar-refractivity contribution in [3.8, 4) is 0 Å². The number of carbonyl (C=O) groups excluding carboxylic acids is 1. The van der Waals surface area contributed by atoms with Crippen LogP contribution < -0.4 is 10.8 Å². The van der Waals surface area contributed by atoms with Gasteiger partial charge in [-0.1, -0.05) is 60.7 Å². The fourth-order valence-electron chi connectivity index (χ4n) is 3.92. The molecule has 0 saturated carbocycles. The maximum absolute atomic E-state index is 12.8. The van der Waals surface area contributed by atoms with Crippen molar-refractivity contribution in [3.63, 3.8) is 0 Å². The molecule has 2 heterocycles. The molecule has 2 aliphatic heterocycles. The summed E-state index contributed by atoms with van der Waals surface area (Å²) in [4.78, 5) is 18.2.